The Morgan fingerprint density at radius 2 is 1.40 bits per heavy atom. The predicted molar refractivity (Wildman–Crippen MR) is 286 cm³/mol. The van der Waals surface area contributed by atoms with Crippen LogP contribution in [0.2, 0.25) is 0 Å². The van der Waals surface area contributed by atoms with Crippen molar-refractivity contribution >= 4 is 64.8 Å². The van der Waals surface area contributed by atoms with Crippen LogP contribution in [0.15, 0.2) is 106 Å². The van der Waals surface area contributed by atoms with Crippen LogP contribution in [0, 0.1) is 12.8 Å². The van der Waals surface area contributed by atoms with E-state index in [0.717, 1.165) is 144 Å². The zero-order valence-electron chi connectivity index (χ0n) is 40.7. The lowest BCUT2D eigenvalue weighted by atomic mass is 9.85. The number of nitrogens with one attached hydrogen (secondary N) is 4. The van der Waals surface area contributed by atoms with Crippen LogP contribution in [0.1, 0.15) is 99.4 Å². The minimum Gasteiger partial charge on any atom is -0.399 e. The normalized spacial score (nSPS) is 18.0. The molecule has 2 heterocycles. The Kier molecular flexibility index (Phi) is 18.8. The number of aliphatic imine (C=N–C) groups is 3. The van der Waals surface area contributed by atoms with Gasteiger partial charge in [0.25, 0.3) is 0 Å². The molecule has 67 heavy (non-hydrogen) atoms. The van der Waals surface area contributed by atoms with Crippen LogP contribution < -0.4 is 48.6 Å². The van der Waals surface area contributed by atoms with E-state index in [4.69, 9.17) is 22.4 Å². The van der Waals surface area contributed by atoms with Gasteiger partial charge in [0.15, 0.2) is 0 Å². The van der Waals surface area contributed by atoms with Gasteiger partial charge in [-0.25, -0.2) is 5.84 Å². The van der Waals surface area contributed by atoms with Crippen molar-refractivity contribution in [2.24, 2.45) is 43.4 Å². The van der Waals surface area contributed by atoms with Crippen molar-refractivity contribution in [3.05, 3.63) is 120 Å². The van der Waals surface area contributed by atoms with Gasteiger partial charge in [0.05, 0.1) is 53.2 Å². The molecule has 10 N–H and O–H groups in total. The smallest absolute Gasteiger partial charge is 0.139 e. The number of benzene rings is 2. The monoisotopic (exact) mass is 910 g/mol. The van der Waals surface area contributed by atoms with Crippen LogP contribution in [-0.4, -0.2) is 74.3 Å². The molecule has 0 amide bonds. The summed E-state index contributed by atoms with van der Waals surface area (Å²) in [5.74, 6) is 12.2. The lowest BCUT2D eigenvalue weighted by molar-refractivity contribution is 0.362. The minimum atomic E-state index is 0.211. The highest BCUT2D eigenvalue weighted by molar-refractivity contribution is 5.93. The van der Waals surface area contributed by atoms with Gasteiger partial charge in [0, 0.05) is 61.4 Å². The quantitative estimate of drug-likeness (QED) is 0.0173. The summed E-state index contributed by atoms with van der Waals surface area (Å²) >= 11 is 0. The Labute approximate surface area is 399 Å². The number of nitrogens with two attached hydrogens (primary N) is 3. The molecule has 15 heteroatoms. The molecule has 1 saturated carbocycles. The standard InChI is InChI=1S/C52H75N15/c1-12-67-49(27-36(4)64-67)40(8)60-33-66-25-17-16-24-65(32-59-38(6)34(2)26-35(3)56-9)50-42(28-44(37(5)53)30-47(50)57-10)18-14-13-15-19-43-29-45(31-48(58-11)51(43)66)39(7)61-46-22-20-41(21-23-46)52(62-54)63-55/h16-17,26-31,41,46,59-61H,5-8,10-15,18-25,32-33,53-55H2,1-4,9H3,(H,62,63)/b17-16+,34-26+,56-35-. The van der Waals surface area contributed by atoms with Gasteiger partial charge in [-0.1, -0.05) is 44.9 Å². The van der Waals surface area contributed by atoms with Gasteiger partial charge in [-0.2, -0.15) is 10.2 Å². The summed E-state index contributed by atoms with van der Waals surface area (Å²) in [5, 5.41) is 19.5. The molecule has 2 aromatic carbocycles. The van der Waals surface area contributed by atoms with E-state index in [0.29, 0.717) is 38.0 Å². The molecular weight excluding hydrogens is 835 g/mol. The van der Waals surface area contributed by atoms with Gasteiger partial charge in [-0.05, 0) is 157 Å². The van der Waals surface area contributed by atoms with Crippen LogP contribution in [0.4, 0.5) is 22.7 Å². The number of hydrazone groups is 1. The Morgan fingerprint density at radius 1 is 0.821 bits per heavy atom. The summed E-state index contributed by atoms with van der Waals surface area (Å²) in [6.07, 6.45) is 14.6. The fourth-order valence-corrected chi connectivity index (χ4v) is 8.96. The molecule has 1 aromatic heterocycles. The largest absolute Gasteiger partial charge is 0.399 e. The van der Waals surface area contributed by atoms with Crippen molar-refractivity contribution in [3.63, 3.8) is 0 Å². The maximum Gasteiger partial charge on any atom is 0.139 e. The molecule has 5 rings (SSSR count). The molecule has 1 aliphatic carbocycles. The lowest BCUT2D eigenvalue weighted by Gasteiger charge is -2.32. The molecule has 0 atom stereocenters. The van der Waals surface area contributed by atoms with Gasteiger partial charge in [-0.15, -0.1) is 0 Å². The number of rotatable bonds is 17. The molecule has 0 unspecified atom stereocenters. The Bertz CT molecular complexity index is 2410. The zero-order valence-corrected chi connectivity index (χ0v) is 40.7. The average Bonchev–Trinajstić information content (AvgIpc) is 3.72. The fraction of sp³-hybridized carbons (Fsp3) is 0.404. The van der Waals surface area contributed by atoms with E-state index in [9.17, 15) is 0 Å². The zero-order chi connectivity index (χ0) is 48.6. The number of nitrogens with zero attached hydrogens (tertiary/aromatic N) is 8. The number of hydrazine groups is 1. The summed E-state index contributed by atoms with van der Waals surface area (Å²) in [4.78, 5) is 18.2. The van der Waals surface area contributed by atoms with E-state index < -0.39 is 0 Å². The van der Waals surface area contributed by atoms with Crippen molar-refractivity contribution in [1.29, 1.82) is 0 Å². The Morgan fingerprint density at radius 3 is 1.94 bits per heavy atom. The average molecular weight is 910 g/mol. The number of amidine groups is 1. The Hall–Kier alpha value is -6.87. The SMILES string of the molecule is C=Nc1cc(C(=C)N)cc2c1N(CNC(=C)/C(C)=C/C(C)=N\C)C/C=C/CN(CNC(=C)c1cc(C)nn1CC)c1c(cc(C(=C)NC3CCC(/C(=N/N)NN)CC3)cc1N=C)CCCCC2. The van der Waals surface area contributed by atoms with Crippen molar-refractivity contribution in [2.45, 2.75) is 98.1 Å². The van der Waals surface area contributed by atoms with E-state index in [2.05, 4.69) is 134 Å². The number of aromatic nitrogens is 2. The second kappa shape index (κ2) is 24.6. The first-order valence-corrected chi connectivity index (χ1v) is 23.3. The van der Waals surface area contributed by atoms with Gasteiger partial charge < -0.3 is 42.8 Å². The van der Waals surface area contributed by atoms with Crippen LogP contribution in [0.3, 0.4) is 0 Å². The molecule has 1 aliphatic heterocycles. The number of aryl methyl sites for hydroxylation is 4. The lowest BCUT2D eigenvalue weighted by Crippen LogP contribution is -2.41. The summed E-state index contributed by atoms with van der Waals surface area (Å²) in [6.45, 7) is 36.5. The molecule has 3 aromatic rings. The maximum absolute atomic E-state index is 6.32. The molecular formula is C52H75N15. The highest BCUT2D eigenvalue weighted by Gasteiger charge is 2.26. The van der Waals surface area contributed by atoms with Crippen molar-refractivity contribution in [3.8, 4) is 0 Å². The van der Waals surface area contributed by atoms with E-state index in [-0.39, 0.29) is 12.0 Å². The molecule has 15 nitrogen and oxygen atoms in total. The minimum absolute atomic E-state index is 0.211. The summed E-state index contributed by atoms with van der Waals surface area (Å²) < 4.78 is 1.97. The van der Waals surface area contributed by atoms with Gasteiger partial charge in [-0.3, -0.25) is 19.7 Å². The molecule has 0 radical (unpaired) electrons. The first kappa shape index (κ1) is 51.1. The van der Waals surface area contributed by atoms with E-state index in [1.807, 2.05) is 37.6 Å². The third-order valence-electron chi connectivity index (χ3n) is 12.8. The molecule has 358 valence electrons. The van der Waals surface area contributed by atoms with Crippen molar-refractivity contribution in [2.75, 3.05) is 43.3 Å². The van der Waals surface area contributed by atoms with E-state index in [1.165, 1.54) is 5.56 Å². The summed E-state index contributed by atoms with van der Waals surface area (Å²) in [7, 11) is 1.79. The third kappa shape index (κ3) is 13.4. The first-order chi connectivity index (χ1) is 32.2. The van der Waals surface area contributed by atoms with Crippen LogP contribution >= 0.6 is 0 Å². The van der Waals surface area contributed by atoms with Gasteiger partial charge in [0.2, 0.25) is 0 Å². The van der Waals surface area contributed by atoms with Crippen molar-refractivity contribution in [1.82, 2.24) is 31.2 Å². The van der Waals surface area contributed by atoms with Crippen molar-refractivity contribution < 1.29 is 0 Å². The highest BCUT2D eigenvalue weighted by atomic mass is 15.3. The number of hydrogen-bond acceptors (Lipinski definition) is 13. The number of fused-ring (bicyclic) bond motifs is 2. The highest BCUT2D eigenvalue weighted by Crippen LogP contribution is 2.39. The Balaban J connectivity index is 1.54. The number of hydrogen-bond donors (Lipinski definition) is 7. The second-order valence-corrected chi connectivity index (χ2v) is 17.5. The predicted octanol–water partition coefficient (Wildman–Crippen LogP) is 8.11. The van der Waals surface area contributed by atoms with Crippen LogP contribution in [-0.2, 0) is 19.4 Å². The topological polar surface area (TPSA) is 200 Å². The van der Waals surface area contributed by atoms with Crippen LogP contribution in [0.5, 0.6) is 0 Å². The molecule has 0 spiro atoms. The summed E-state index contributed by atoms with van der Waals surface area (Å²) in [5.41, 5.74) is 23.5. The van der Waals surface area contributed by atoms with Crippen LogP contribution in [0.25, 0.3) is 17.1 Å². The molecule has 0 bridgehead atoms. The summed E-state index contributed by atoms with van der Waals surface area (Å²) in [6, 6.07) is 10.8. The third-order valence-corrected chi connectivity index (χ3v) is 12.8. The van der Waals surface area contributed by atoms with E-state index in [1.54, 1.807) is 7.05 Å². The molecule has 2 aliphatic rings. The van der Waals surface area contributed by atoms with Gasteiger partial charge >= 0.3 is 0 Å². The number of allylic oxidation sites excluding steroid dienone is 2. The van der Waals surface area contributed by atoms with Gasteiger partial charge in [0.1, 0.15) is 5.84 Å². The van der Waals surface area contributed by atoms with E-state index >= 15 is 0 Å². The molecule has 0 saturated heterocycles. The molecule has 1 fully saturated rings. The first-order valence-electron chi connectivity index (χ1n) is 23.3. The number of anilines is 2. The maximum atomic E-state index is 6.32. The second-order valence-electron chi connectivity index (χ2n) is 17.5. The fourth-order valence-electron chi connectivity index (χ4n) is 8.96.